The molecule has 0 aliphatic carbocycles. The van der Waals surface area contributed by atoms with Gasteiger partial charge in [0.2, 0.25) is 0 Å². The first kappa shape index (κ1) is 15.6. The van der Waals surface area contributed by atoms with Crippen molar-refractivity contribution < 1.29 is 23.5 Å². The molecular formula is C10H18F2N2O3. The van der Waals surface area contributed by atoms with Crippen LogP contribution >= 0.6 is 0 Å². The van der Waals surface area contributed by atoms with Gasteiger partial charge >= 0.3 is 12.0 Å². The van der Waals surface area contributed by atoms with E-state index < -0.39 is 30.9 Å². The van der Waals surface area contributed by atoms with Crippen LogP contribution in [0.15, 0.2) is 0 Å². The normalized spacial score (nSPS) is 12.6. The molecule has 0 aromatic carbocycles. The Bertz CT molecular complexity index is 272. The van der Waals surface area contributed by atoms with E-state index in [1.165, 1.54) is 7.05 Å². The summed E-state index contributed by atoms with van der Waals surface area (Å²) in [6.45, 7) is 2.69. The molecule has 2 amide bonds. The first-order valence-corrected chi connectivity index (χ1v) is 5.25. The maximum atomic E-state index is 12.0. The number of nitrogens with one attached hydrogen (secondary N) is 1. The Labute approximate surface area is 98.8 Å². The predicted molar refractivity (Wildman–Crippen MR) is 58.0 cm³/mol. The summed E-state index contributed by atoms with van der Waals surface area (Å²) >= 11 is 0. The highest BCUT2D eigenvalue weighted by atomic mass is 19.3. The molecule has 7 heteroatoms. The molecule has 5 nitrogen and oxygen atoms in total. The Balaban J connectivity index is 4.17. The number of urea groups is 1. The predicted octanol–water partition coefficient (Wildman–Crippen LogP) is 1.25. The van der Waals surface area contributed by atoms with Gasteiger partial charge in [-0.15, -0.1) is 0 Å². The van der Waals surface area contributed by atoms with Gasteiger partial charge in [0.05, 0.1) is 12.5 Å². The van der Waals surface area contributed by atoms with Crippen LogP contribution in [0.25, 0.3) is 0 Å². The van der Waals surface area contributed by atoms with Crippen LogP contribution in [-0.4, -0.2) is 48.6 Å². The monoisotopic (exact) mass is 252 g/mol. The van der Waals surface area contributed by atoms with E-state index in [2.05, 4.69) is 5.32 Å². The van der Waals surface area contributed by atoms with Crippen molar-refractivity contribution >= 4 is 12.0 Å². The van der Waals surface area contributed by atoms with Crippen molar-refractivity contribution in [1.82, 2.24) is 10.2 Å². The molecule has 0 aromatic heterocycles. The van der Waals surface area contributed by atoms with Gasteiger partial charge < -0.3 is 15.3 Å². The summed E-state index contributed by atoms with van der Waals surface area (Å²) in [6, 6.07) is -0.697. The van der Waals surface area contributed by atoms with Crippen molar-refractivity contribution in [3.8, 4) is 0 Å². The number of amides is 2. The van der Waals surface area contributed by atoms with Gasteiger partial charge in [0.1, 0.15) is 0 Å². The van der Waals surface area contributed by atoms with E-state index in [1.807, 2.05) is 0 Å². The molecule has 0 rings (SSSR count). The topological polar surface area (TPSA) is 69.6 Å². The van der Waals surface area contributed by atoms with Crippen LogP contribution in [0.5, 0.6) is 0 Å². The summed E-state index contributed by atoms with van der Waals surface area (Å²) in [7, 11) is 1.23. The molecule has 0 saturated heterocycles. The van der Waals surface area contributed by atoms with Gasteiger partial charge in [0.15, 0.2) is 0 Å². The highest BCUT2D eigenvalue weighted by molar-refractivity contribution is 5.75. The quantitative estimate of drug-likeness (QED) is 0.747. The smallest absolute Gasteiger partial charge is 0.317 e. The average Bonchev–Trinajstić information content (AvgIpc) is 2.15. The lowest BCUT2D eigenvalue weighted by molar-refractivity contribution is -0.142. The van der Waals surface area contributed by atoms with E-state index in [4.69, 9.17) is 5.11 Å². The maximum Gasteiger partial charge on any atom is 0.317 e. The lowest BCUT2D eigenvalue weighted by Gasteiger charge is -2.21. The Hall–Kier alpha value is -1.40. The second kappa shape index (κ2) is 7.03. The number of alkyl halides is 2. The summed E-state index contributed by atoms with van der Waals surface area (Å²) in [5.41, 5.74) is 0. The van der Waals surface area contributed by atoms with Crippen molar-refractivity contribution in [2.45, 2.75) is 20.3 Å². The molecule has 0 saturated carbocycles. The van der Waals surface area contributed by atoms with Gasteiger partial charge in [-0.05, 0) is 5.92 Å². The zero-order valence-electron chi connectivity index (χ0n) is 10.1. The second-order valence-electron chi connectivity index (χ2n) is 4.15. The third-order valence-corrected chi connectivity index (χ3v) is 2.35. The van der Waals surface area contributed by atoms with E-state index in [1.54, 1.807) is 13.8 Å². The molecule has 100 valence electrons. The number of carboxylic acid groups (broad SMARTS) is 1. The van der Waals surface area contributed by atoms with Gasteiger partial charge in [0.25, 0.3) is 6.43 Å². The van der Waals surface area contributed by atoms with Crippen LogP contribution in [0.4, 0.5) is 13.6 Å². The molecule has 0 spiro atoms. The molecule has 0 bridgehead atoms. The van der Waals surface area contributed by atoms with Crippen molar-refractivity contribution in [1.29, 1.82) is 0 Å². The molecule has 1 unspecified atom stereocenters. The third kappa shape index (κ3) is 6.03. The summed E-state index contributed by atoms with van der Waals surface area (Å²) in [4.78, 5) is 23.0. The standard InChI is InChI=1S/C10H18F2N2O3/c1-6(2)7(9(15)16)4-13-10(17)14(3)5-8(11)12/h6-8H,4-5H2,1-3H3,(H,13,17)(H,15,16). The third-order valence-electron chi connectivity index (χ3n) is 2.35. The number of hydrogen-bond donors (Lipinski definition) is 2. The van der Waals surface area contributed by atoms with Gasteiger partial charge in [-0.25, -0.2) is 13.6 Å². The van der Waals surface area contributed by atoms with Crippen molar-refractivity contribution in [3.05, 3.63) is 0 Å². The number of aliphatic carboxylic acids is 1. The van der Waals surface area contributed by atoms with E-state index in [-0.39, 0.29) is 12.5 Å². The molecule has 1 atom stereocenters. The second-order valence-corrected chi connectivity index (χ2v) is 4.15. The van der Waals surface area contributed by atoms with Gasteiger partial charge in [-0.1, -0.05) is 13.8 Å². The molecule has 0 aliphatic rings. The maximum absolute atomic E-state index is 12.0. The molecule has 0 heterocycles. The Kier molecular flexibility index (Phi) is 6.45. The van der Waals surface area contributed by atoms with Gasteiger partial charge in [0, 0.05) is 13.6 Å². The lowest BCUT2D eigenvalue weighted by atomic mass is 9.96. The van der Waals surface area contributed by atoms with Crippen LogP contribution in [0, 0.1) is 11.8 Å². The number of rotatable bonds is 6. The van der Waals surface area contributed by atoms with Crippen LogP contribution < -0.4 is 5.32 Å². The van der Waals surface area contributed by atoms with Crippen LogP contribution in [0.3, 0.4) is 0 Å². The zero-order chi connectivity index (χ0) is 13.6. The summed E-state index contributed by atoms with van der Waals surface area (Å²) in [6.07, 6.45) is -2.61. The summed E-state index contributed by atoms with van der Waals surface area (Å²) in [5, 5.41) is 11.2. The number of hydrogen-bond acceptors (Lipinski definition) is 2. The average molecular weight is 252 g/mol. The number of carbonyl (C=O) groups excluding carboxylic acids is 1. The number of halogens is 2. The number of carbonyl (C=O) groups is 2. The van der Waals surface area contributed by atoms with Gasteiger partial charge in [-0.3, -0.25) is 4.79 Å². The first-order valence-electron chi connectivity index (χ1n) is 5.25. The number of carboxylic acids is 1. The molecule has 0 aromatic rings. The Morgan fingerprint density at radius 2 is 1.88 bits per heavy atom. The SMILES string of the molecule is CC(C)C(CNC(=O)N(C)CC(F)F)C(=O)O. The van der Waals surface area contributed by atoms with E-state index in [0.29, 0.717) is 0 Å². The van der Waals surface area contributed by atoms with Crippen molar-refractivity contribution in [2.24, 2.45) is 11.8 Å². The molecule has 0 radical (unpaired) electrons. The molecule has 0 aliphatic heterocycles. The van der Waals surface area contributed by atoms with Crippen LogP contribution in [-0.2, 0) is 4.79 Å². The Morgan fingerprint density at radius 3 is 2.24 bits per heavy atom. The highest BCUT2D eigenvalue weighted by Crippen LogP contribution is 2.09. The molecular weight excluding hydrogens is 234 g/mol. The minimum atomic E-state index is -2.61. The van der Waals surface area contributed by atoms with Crippen molar-refractivity contribution in [2.75, 3.05) is 20.1 Å². The minimum Gasteiger partial charge on any atom is -0.481 e. The van der Waals surface area contributed by atoms with Gasteiger partial charge in [-0.2, -0.15) is 0 Å². The Morgan fingerprint density at radius 1 is 1.35 bits per heavy atom. The fourth-order valence-corrected chi connectivity index (χ4v) is 1.23. The fourth-order valence-electron chi connectivity index (χ4n) is 1.23. The summed E-state index contributed by atoms with van der Waals surface area (Å²) < 4.78 is 24.0. The first-order chi connectivity index (χ1) is 7.75. The lowest BCUT2D eigenvalue weighted by Crippen LogP contribution is -2.43. The summed E-state index contributed by atoms with van der Waals surface area (Å²) in [5.74, 6) is -1.89. The van der Waals surface area contributed by atoms with E-state index >= 15 is 0 Å². The molecule has 2 N–H and O–H groups in total. The highest BCUT2D eigenvalue weighted by Gasteiger charge is 2.23. The largest absolute Gasteiger partial charge is 0.481 e. The molecule has 17 heavy (non-hydrogen) atoms. The van der Waals surface area contributed by atoms with E-state index in [0.717, 1.165) is 4.90 Å². The van der Waals surface area contributed by atoms with Crippen LogP contribution in [0.1, 0.15) is 13.8 Å². The zero-order valence-corrected chi connectivity index (χ0v) is 10.1. The minimum absolute atomic E-state index is 0.0700. The number of nitrogens with zero attached hydrogens (tertiary/aromatic N) is 1. The molecule has 0 fully saturated rings. The van der Waals surface area contributed by atoms with Crippen molar-refractivity contribution in [3.63, 3.8) is 0 Å². The van der Waals surface area contributed by atoms with E-state index in [9.17, 15) is 18.4 Å². The fraction of sp³-hybridized carbons (Fsp3) is 0.800. The van der Waals surface area contributed by atoms with Crippen LogP contribution in [0.2, 0.25) is 0 Å².